The van der Waals surface area contributed by atoms with Crippen LogP contribution in [0.1, 0.15) is 0 Å². The zero-order chi connectivity index (χ0) is 36.0. The molecule has 0 aliphatic rings. The minimum atomic E-state index is 0.817. The number of hydrogen-bond acceptors (Lipinski definition) is 2. The summed E-state index contributed by atoms with van der Waals surface area (Å²) in [4.78, 5) is 11.2. The largest absolute Gasteiger partial charge is 0.291 e. The van der Waals surface area contributed by atoms with Gasteiger partial charge in [-0.15, -0.1) is 0 Å². The number of aromatic nitrogens is 3. The summed E-state index contributed by atoms with van der Waals surface area (Å²) in [6.07, 6.45) is 0. The van der Waals surface area contributed by atoms with Crippen LogP contribution in [0.5, 0.6) is 0 Å². The van der Waals surface area contributed by atoms with E-state index in [4.69, 9.17) is 9.97 Å². The van der Waals surface area contributed by atoms with Crippen LogP contribution < -0.4 is 0 Å². The predicted octanol–water partition coefficient (Wildman–Crippen LogP) is 13.8. The van der Waals surface area contributed by atoms with Gasteiger partial charge in [0, 0.05) is 32.5 Å². The minimum Gasteiger partial charge on any atom is -0.291 e. The Hall–Kier alpha value is -7.36. The highest BCUT2D eigenvalue weighted by Gasteiger charge is 2.24. The average Bonchev–Trinajstić information content (AvgIpc) is 3.61. The molecule has 55 heavy (non-hydrogen) atoms. The van der Waals surface area contributed by atoms with Crippen molar-refractivity contribution < 1.29 is 0 Å². The van der Waals surface area contributed by atoms with Crippen LogP contribution >= 0.6 is 0 Å². The molecule has 0 radical (unpaired) electrons. The standard InChI is InChI=1S/C52H31N3/c1-2-12-32(13-3-1)33-22-24-36(25-23-33)49-52(54-50-37-16-6-4-14-34(37)27-30-45(50)53-49)55-46-31-29-43-41-20-9-8-18-39(41)40-19-10-11-21-42(40)47(43)48(46)44-28-26-35-15-5-7-17-38(35)51(44)55/h1-31H. The molecule has 0 aliphatic heterocycles. The highest BCUT2D eigenvalue weighted by atomic mass is 15.1. The molecule has 0 spiro atoms. The quantitative estimate of drug-likeness (QED) is 0.172. The first-order valence-electron chi connectivity index (χ1n) is 18.8. The normalized spacial score (nSPS) is 12.0. The van der Waals surface area contributed by atoms with Gasteiger partial charge in [-0.3, -0.25) is 4.57 Å². The maximum Gasteiger partial charge on any atom is 0.165 e. The molecule has 3 heteroatoms. The van der Waals surface area contributed by atoms with Crippen molar-refractivity contribution in [2.24, 2.45) is 0 Å². The highest BCUT2D eigenvalue weighted by molar-refractivity contribution is 6.36. The Kier molecular flexibility index (Phi) is 6.34. The van der Waals surface area contributed by atoms with Gasteiger partial charge < -0.3 is 0 Å². The molecule has 0 N–H and O–H groups in total. The molecule has 0 saturated carbocycles. The van der Waals surface area contributed by atoms with Crippen LogP contribution in [0.25, 0.3) is 115 Å². The molecular formula is C52H31N3. The van der Waals surface area contributed by atoms with Gasteiger partial charge in [-0.1, -0.05) is 176 Å². The second-order valence-electron chi connectivity index (χ2n) is 14.5. The molecule has 0 saturated heterocycles. The average molecular weight is 698 g/mol. The van der Waals surface area contributed by atoms with Crippen molar-refractivity contribution >= 4 is 86.7 Å². The third-order valence-electron chi connectivity index (χ3n) is 11.5. The number of rotatable bonds is 3. The number of nitrogens with zero attached hydrogens (tertiary/aromatic N) is 3. The Bertz CT molecular complexity index is 3490. The Morgan fingerprint density at radius 1 is 0.327 bits per heavy atom. The Labute approximate surface area is 316 Å². The zero-order valence-corrected chi connectivity index (χ0v) is 29.7. The molecule has 0 fully saturated rings. The van der Waals surface area contributed by atoms with Crippen molar-refractivity contribution in [3.63, 3.8) is 0 Å². The maximum atomic E-state index is 5.70. The zero-order valence-electron chi connectivity index (χ0n) is 29.7. The smallest absolute Gasteiger partial charge is 0.165 e. The first-order chi connectivity index (χ1) is 27.3. The van der Waals surface area contributed by atoms with Gasteiger partial charge in [-0.25, -0.2) is 9.97 Å². The molecule has 0 atom stereocenters. The lowest BCUT2D eigenvalue weighted by molar-refractivity contribution is 1.09. The van der Waals surface area contributed by atoms with Crippen LogP contribution in [0.4, 0.5) is 0 Å². The first-order valence-corrected chi connectivity index (χ1v) is 18.8. The fourth-order valence-electron chi connectivity index (χ4n) is 9.06. The van der Waals surface area contributed by atoms with Gasteiger partial charge in [0.25, 0.3) is 0 Å². The lowest BCUT2D eigenvalue weighted by Gasteiger charge is -2.16. The van der Waals surface area contributed by atoms with E-state index in [1.165, 1.54) is 65.0 Å². The Morgan fingerprint density at radius 3 is 1.60 bits per heavy atom. The molecule has 10 aromatic carbocycles. The van der Waals surface area contributed by atoms with Crippen molar-refractivity contribution in [1.29, 1.82) is 0 Å². The van der Waals surface area contributed by atoms with Crippen LogP contribution in [-0.4, -0.2) is 14.5 Å². The summed E-state index contributed by atoms with van der Waals surface area (Å²) in [7, 11) is 0. The Morgan fingerprint density at radius 2 is 0.855 bits per heavy atom. The summed E-state index contributed by atoms with van der Waals surface area (Å²) in [5.41, 5.74) is 8.22. The predicted molar refractivity (Wildman–Crippen MR) is 232 cm³/mol. The molecule has 0 unspecified atom stereocenters. The van der Waals surface area contributed by atoms with E-state index >= 15 is 0 Å². The minimum absolute atomic E-state index is 0.817. The van der Waals surface area contributed by atoms with Crippen LogP contribution in [0.2, 0.25) is 0 Å². The Balaban J connectivity index is 1.28. The van der Waals surface area contributed by atoms with Gasteiger partial charge >= 0.3 is 0 Å². The van der Waals surface area contributed by atoms with Gasteiger partial charge in [0.2, 0.25) is 0 Å². The van der Waals surface area contributed by atoms with Crippen molar-refractivity contribution in [2.45, 2.75) is 0 Å². The lowest BCUT2D eigenvalue weighted by Crippen LogP contribution is -2.04. The molecule has 12 aromatic rings. The van der Waals surface area contributed by atoms with E-state index in [-0.39, 0.29) is 0 Å². The molecule has 2 heterocycles. The number of benzene rings is 10. The SMILES string of the molecule is c1ccc(-c2ccc(-c3nc4ccc5ccccc5c4nc3-n3c4ccc5c6ccccc6c6ccccc6c5c4c4ccc5ccccc5c43)cc2)cc1. The summed E-state index contributed by atoms with van der Waals surface area (Å²) in [5.74, 6) is 0.817. The van der Waals surface area contributed by atoms with Gasteiger partial charge in [0.05, 0.1) is 22.1 Å². The third-order valence-corrected chi connectivity index (χ3v) is 11.5. The summed E-state index contributed by atoms with van der Waals surface area (Å²) >= 11 is 0. The van der Waals surface area contributed by atoms with E-state index in [1.54, 1.807) is 0 Å². The van der Waals surface area contributed by atoms with Crippen LogP contribution in [0, 0.1) is 0 Å². The van der Waals surface area contributed by atoms with Gasteiger partial charge in [-0.2, -0.15) is 0 Å². The molecule has 2 aromatic heterocycles. The van der Waals surface area contributed by atoms with Crippen molar-refractivity contribution in [3.8, 4) is 28.2 Å². The maximum absolute atomic E-state index is 5.70. The summed E-state index contributed by atoms with van der Waals surface area (Å²) in [6, 6.07) is 67.7. The third kappa shape index (κ3) is 4.38. The van der Waals surface area contributed by atoms with Crippen molar-refractivity contribution in [2.75, 3.05) is 0 Å². The summed E-state index contributed by atoms with van der Waals surface area (Å²) in [5, 5.41) is 14.6. The van der Waals surface area contributed by atoms with Gasteiger partial charge in [-0.05, 0) is 61.0 Å². The van der Waals surface area contributed by atoms with Crippen molar-refractivity contribution in [3.05, 3.63) is 188 Å². The topological polar surface area (TPSA) is 30.7 Å². The molecule has 12 rings (SSSR count). The van der Waals surface area contributed by atoms with Crippen molar-refractivity contribution in [1.82, 2.24) is 14.5 Å². The first kappa shape index (κ1) is 30.1. The second kappa shape index (κ2) is 11.6. The van der Waals surface area contributed by atoms with E-state index in [1.807, 2.05) is 0 Å². The molecule has 3 nitrogen and oxygen atoms in total. The molecule has 0 amide bonds. The van der Waals surface area contributed by atoms with E-state index in [0.29, 0.717) is 0 Å². The fourth-order valence-corrected chi connectivity index (χ4v) is 9.06. The second-order valence-corrected chi connectivity index (χ2v) is 14.5. The molecule has 0 bridgehead atoms. The van der Waals surface area contributed by atoms with Gasteiger partial charge in [0.15, 0.2) is 5.82 Å². The van der Waals surface area contributed by atoms with Crippen LogP contribution in [0.3, 0.4) is 0 Å². The van der Waals surface area contributed by atoms with E-state index in [2.05, 4.69) is 193 Å². The van der Waals surface area contributed by atoms with E-state index < -0.39 is 0 Å². The molecular weight excluding hydrogens is 667 g/mol. The van der Waals surface area contributed by atoms with Crippen LogP contribution in [-0.2, 0) is 0 Å². The summed E-state index contributed by atoms with van der Waals surface area (Å²) in [6.45, 7) is 0. The van der Waals surface area contributed by atoms with Gasteiger partial charge in [0.1, 0.15) is 5.69 Å². The fraction of sp³-hybridized carbons (Fsp3) is 0. The van der Waals surface area contributed by atoms with E-state index in [0.717, 1.165) is 49.9 Å². The number of fused-ring (bicyclic) bond motifs is 15. The van der Waals surface area contributed by atoms with E-state index in [9.17, 15) is 0 Å². The lowest BCUT2D eigenvalue weighted by atomic mass is 9.91. The molecule has 254 valence electrons. The number of hydrogen-bond donors (Lipinski definition) is 0. The molecule has 0 aliphatic carbocycles. The monoisotopic (exact) mass is 697 g/mol. The summed E-state index contributed by atoms with van der Waals surface area (Å²) < 4.78 is 2.41. The highest BCUT2D eigenvalue weighted by Crippen LogP contribution is 2.46. The van der Waals surface area contributed by atoms with Crippen LogP contribution in [0.15, 0.2) is 188 Å².